The van der Waals surface area contributed by atoms with Crippen LogP contribution in [0.5, 0.6) is 17.2 Å². The van der Waals surface area contributed by atoms with Crippen molar-refractivity contribution in [3.63, 3.8) is 0 Å². The summed E-state index contributed by atoms with van der Waals surface area (Å²) in [6.07, 6.45) is 0. The molecule has 3 N–H and O–H groups in total. The molecule has 0 saturated carbocycles. The van der Waals surface area contributed by atoms with Crippen LogP contribution < -0.4 is 30.4 Å². The molecule has 0 fully saturated rings. The molecular weight excluding hydrogens is 406 g/mol. The minimum absolute atomic E-state index is 0.0497. The van der Waals surface area contributed by atoms with Crippen molar-refractivity contribution in [1.29, 1.82) is 0 Å². The third-order valence-electron chi connectivity index (χ3n) is 3.65. The van der Waals surface area contributed by atoms with Gasteiger partial charge in [0.2, 0.25) is 0 Å². The van der Waals surface area contributed by atoms with Gasteiger partial charge in [0.25, 0.3) is 11.8 Å². The molecule has 0 heterocycles. The highest BCUT2D eigenvalue weighted by molar-refractivity contribution is 7.80. The number of hydrazine groups is 1. The van der Waals surface area contributed by atoms with E-state index in [1.807, 2.05) is 13.8 Å². The first-order valence-corrected chi connectivity index (χ1v) is 9.68. The van der Waals surface area contributed by atoms with Crippen LogP contribution in [0.2, 0.25) is 0 Å². The van der Waals surface area contributed by atoms with Crippen LogP contribution in [-0.4, -0.2) is 37.3 Å². The van der Waals surface area contributed by atoms with E-state index in [9.17, 15) is 9.59 Å². The molecule has 0 unspecified atom stereocenters. The average Bonchev–Trinajstić information content (AvgIpc) is 2.75. The molecule has 9 heteroatoms. The van der Waals surface area contributed by atoms with Crippen LogP contribution in [0.25, 0.3) is 0 Å². The molecule has 2 rings (SSSR count). The van der Waals surface area contributed by atoms with Gasteiger partial charge in [-0.05, 0) is 60.6 Å². The van der Waals surface area contributed by atoms with Gasteiger partial charge in [-0.2, -0.15) is 0 Å². The van der Waals surface area contributed by atoms with Gasteiger partial charge in [0.15, 0.2) is 11.7 Å². The number of benzene rings is 2. The minimum atomic E-state index is -0.466. The molecule has 0 spiro atoms. The molecule has 0 aliphatic carbocycles. The van der Waals surface area contributed by atoms with E-state index >= 15 is 0 Å². The van der Waals surface area contributed by atoms with Crippen LogP contribution in [0.3, 0.4) is 0 Å². The van der Waals surface area contributed by atoms with Crippen LogP contribution in [-0.2, 0) is 4.79 Å². The third kappa shape index (κ3) is 7.96. The molecule has 0 aromatic heterocycles. The Balaban J connectivity index is 1.74. The Morgan fingerprint density at radius 1 is 0.967 bits per heavy atom. The smallest absolute Gasteiger partial charge is 0.276 e. The Morgan fingerprint density at radius 2 is 1.67 bits per heavy atom. The first kappa shape index (κ1) is 23.0. The molecule has 2 amide bonds. The number of nitrogens with one attached hydrogen (secondary N) is 3. The van der Waals surface area contributed by atoms with Gasteiger partial charge >= 0.3 is 0 Å². The van der Waals surface area contributed by atoms with E-state index in [1.54, 1.807) is 55.6 Å². The summed E-state index contributed by atoms with van der Waals surface area (Å²) in [6.45, 7) is 4.40. The fourth-order valence-corrected chi connectivity index (χ4v) is 2.32. The molecule has 0 atom stereocenters. The molecule has 160 valence electrons. The van der Waals surface area contributed by atoms with Crippen LogP contribution in [0.4, 0.5) is 0 Å². The van der Waals surface area contributed by atoms with Crippen LogP contribution >= 0.6 is 12.2 Å². The number of amides is 2. The van der Waals surface area contributed by atoms with Gasteiger partial charge in [-0.15, -0.1) is 0 Å². The summed E-state index contributed by atoms with van der Waals surface area (Å²) in [5, 5.41) is 2.44. The van der Waals surface area contributed by atoms with E-state index in [-0.39, 0.29) is 11.7 Å². The van der Waals surface area contributed by atoms with Crippen molar-refractivity contribution >= 4 is 29.1 Å². The highest BCUT2D eigenvalue weighted by Crippen LogP contribution is 2.17. The van der Waals surface area contributed by atoms with E-state index in [1.165, 1.54) is 0 Å². The standard InChI is InChI=1S/C21H25N3O5S/c1-14(2)12-28-18-6-4-5-15(11-18)20(26)22-21(30)24-23-19(25)13-29-17-9-7-16(27-3)8-10-17/h4-11,14H,12-13H2,1-3H3,(H,23,25)(H2,22,24,26,30). The molecule has 0 aliphatic heterocycles. The predicted molar refractivity (Wildman–Crippen MR) is 117 cm³/mol. The molecule has 2 aromatic carbocycles. The Kier molecular flexibility index (Phi) is 8.89. The lowest BCUT2D eigenvalue weighted by molar-refractivity contribution is -0.123. The zero-order chi connectivity index (χ0) is 21.9. The maximum Gasteiger partial charge on any atom is 0.276 e. The van der Waals surface area contributed by atoms with Gasteiger partial charge in [-0.25, -0.2) is 0 Å². The number of hydrogen-bond acceptors (Lipinski definition) is 6. The van der Waals surface area contributed by atoms with Gasteiger partial charge < -0.3 is 14.2 Å². The molecule has 2 aromatic rings. The van der Waals surface area contributed by atoms with Gasteiger partial charge in [0, 0.05) is 5.56 Å². The number of ether oxygens (including phenoxy) is 3. The number of thiocarbonyl (C=S) groups is 1. The van der Waals surface area contributed by atoms with Gasteiger partial charge in [0.1, 0.15) is 17.2 Å². The highest BCUT2D eigenvalue weighted by atomic mass is 32.1. The summed E-state index contributed by atoms with van der Waals surface area (Å²) in [5.74, 6) is 1.28. The molecule has 0 bridgehead atoms. The van der Waals surface area contributed by atoms with Crippen molar-refractivity contribution in [3.05, 3.63) is 54.1 Å². The summed E-state index contributed by atoms with van der Waals surface area (Å²) >= 11 is 5.03. The second-order valence-electron chi connectivity index (χ2n) is 6.65. The molecule has 0 radical (unpaired) electrons. The lowest BCUT2D eigenvalue weighted by Crippen LogP contribution is -2.49. The topological polar surface area (TPSA) is 97.9 Å². The van der Waals surface area contributed by atoms with Crippen LogP contribution in [0, 0.1) is 5.92 Å². The minimum Gasteiger partial charge on any atom is -0.497 e. The van der Waals surface area contributed by atoms with E-state index < -0.39 is 11.8 Å². The lowest BCUT2D eigenvalue weighted by atomic mass is 10.2. The summed E-state index contributed by atoms with van der Waals surface area (Å²) in [6, 6.07) is 13.6. The zero-order valence-electron chi connectivity index (χ0n) is 17.1. The Hall–Kier alpha value is -3.33. The highest BCUT2D eigenvalue weighted by Gasteiger charge is 2.10. The summed E-state index contributed by atoms with van der Waals surface area (Å²) in [5.41, 5.74) is 5.20. The Labute approximate surface area is 180 Å². The van der Waals surface area contributed by atoms with Gasteiger partial charge in [0.05, 0.1) is 13.7 Å². The van der Waals surface area contributed by atoms with Crippen molar-refractivity contribution in [2.24, 2.45) is 5.92 Å². The molecule has 8 nitrogen and oxygen atoms in total. The molecule has 0 aliphatic rings. The third-order valence-corrected chi connectivity index (χ3v) is 3.86. The first-order chi connectivity index (χ1) is 14.4. The van der Waals surface area contributed by atoms with Crippen LogP contribution in [0.15, 0.2) is 48.5 Å². The maximum absolute atomic E-state index is 12.3. The molecule has 0 saturated heterocycles. The van der Waals surface area contributed by atoms with Crippen LogP contribution in [0.1, 0.15) is 24.2 Å². The summed E-state index contributed by atoms with van der Waals surface area (Å²) < 4.78 is 16.0. The monoisotopic (exact) mass is 431 g/mol. The van der Waals surface area contributed by atoms with Crippen molar-refractivity contribution in [3.8, 4) is 17.2 Å². The van der Waals surface area contributed by atoms with E-state index in [4.69, 9.17) is 26.4 Å². The predicted octanol–water partition coefficient (Wildman–Crippen LogP) is 2.44. The van der Waals surface area contributed by atoms with Gasteiger partial charge in [-0.3, -0.25) is 25.8 Å². The van der Waals surface area contributed by atoms with E-state index in [0.717, 1.165) is 0 Å². The maximum atomic E-state index is 12.3. The largest absolute Gasteiger partial charge is 0.497 e. The molecular formula is C21H25N3O5S. The van der Waals surface area contributed by atoms with E-state index in [2.05, 4.69) is 16.2 Å². The zero-order valence-corrected chi connectivity index (χ0v) is 17.9. The number of rotatable bonds is 8. The number of hydrogen-bond donors (Lipinski definition) is 3. The fraction of sp³-hybridized carbons (Fsp3) is 0.286. The summed E-state index contributed by atoms with van der Waals surface area (Å²) in [4.78, 5) is 24.2. The van der Waals surface area contributed by atoms with E-state index in [0.29, 0.717) is 35.3 Å². The average molecular weight is 432 g/mol. The Bertz CT molecular complexity index is 871. The Morgan fingerprint density at radius 3 is 2.33 bits per heavy atom. The quantitative estimate of drug-likeness (QED) is 0.436. The number of carbonyl (C=O) groups is 2. The molecule has 30 heavy (non-hydrogen) atoms. The lowest BCUT2D eigenvalue weighted by Gasteiger charge is -2.12. The van der Waals surface area contributed by atoms with Crippen molar-refractivity contribution < 1.29 is 23.8 Å². The normalized spacial score (nSPS) is 10.1. The fourth-order valence-electron chi connectivity index (χ4n) is 2.18. The SMILES string of the molecule is COc1ccc(OCC(=O)NNC(=S)NC(=O)c2cccc(OCC(C)C)c2)cc1. The second kappa shape index (κ2) is 11.6. The summed E-state index contributed by atoms with van der Waals surface area (Å²) in [7, 11) is 1.56. The van der Waals surface area contributed by atoms with Crippen molar-refractivity contribution in [1.82, 2.24) is 16.2 Å². The number of carbonyl (C=O) groups excluding carboxylic acids is 2. The van der Waals surface area contributed by atoms with Crippen molar-refractivity contribution in [2.45, 2.75) is 13.8 Å². The van der Waals surface area contributed by atoms with Crippen molar-refractivity contribution in [2.75, 3.05) is 20.3 Å². The second-order valence-corrected chi connectivity index (χ2v) is 7.06. The number of methoxy groups -OCH3 is 1. The first-order valence-electron chi connectivity index (χ1n) is 9.27. The van der Waals surface area contributed by atoms with Gasteiger partial charge in [-0.1, -0.05) is 19.9 Å².